The van der Waals surface area contributed by atoms with Gasteiger partial charge in [-0.1, -0.05) is 18.2 Å². The van der Waals surface area contributed by atoms with Crippen LogP contribution in [0.15, 0.2) is 24.3 Å². The molecule has 0 unspecified atom stereocenters. The first-order chi connectivity index (χ1) is 11.5. The molecule has 1 aromatic rings. The average Bonchev–Trinajstić information content (AvgIpc) is 2.83. The second-order valence-electron chi connectivity index (χ2n) is 5.96. The maximum absolute atomic E-state index is 12.5. The third-order valence-electron chi connectivity index (χ3n) is 3.92. The van der Waals surface area contributed by atoms with Gasteiger partial charge in [0.05, 0.1) is 0 Å². The summed E-state index contributed by atoms with van der Waals surface area (Å²) in [4.78, 5) is 40.0. The van der Waals surface area contributed by atoms with Gasteiger partial charge in [0.1, 0.15) is 6.04 Å². The maximum Gasteiger partial charge on any atom is 0.310 e. The van der Waals surface area contributed by atoms with Gasteiger partial charge in [0.25, 0.3) is 5.91 Å². The predicted octanol–water partition coefficient (Wildman–Crippen LogP) is 0.278. The molecule has 2 N–H and O–H groups in total. The van der Waals surface area contributed by atoms with Crippen molar-refractivity contribution >= 4 is 23.4 Å². The summed E-state index contributed by atoms with van der Waals surface area (Å²) in [5.41, 5.74) is 1.50. The summed E-state index contributed by atoms with van der Waals surface area (Å²) in [6, 6.07) is 6.48. The minimum atomic E-state index is -0.804. The van der Waals surface area contributed by atoms with Gasteiger partial charge in [-0.2, -0.15) is 0 Å². The van der Waals surface area contributed by atoms with Crippen molar-refractivity contribution in [3.63, 3.8) is 0 Å². The van der Waals surface area contributed by atoms with Gasteiger partial charge in [0.15, 0.2) is 0 Å². The standard InChI is InChI=1S/C17H24N4O3/c1-4-21-13-9-6-5-8-12(13)14(17(21)24)19-16(23)15(22)18-10-7-11-20(2)3/h5-6,8-9,14H,4,7,10-11H2,1-3H3,(H,18,22)(H,19,23)/t14-/m1/s1. The molecule has 1 atom stereocenters. The van der Waals surface area contributed by atoms with Crippen molar-refractivity contribution in [1.29, 1.82) is 0 Å². The maximum atomic E-state index is 12.5. The number of nitrogens with one attached hydrogen (secondary N) is 2. The molecule has 1 aliphatic rings. The van der Waals surface area contributed by atoms with Crippen LogP contribution in [0, 0.1) is 0 Å². The lowest BCUT2D eigenvalue weighted by Crippen LogP contribution is -2.44. The molecule has 1 heterocycles. The Hall–Kier alpha value is -2.41. The summed E-state index contributed by atoms with van der Waals surface area (Å²) in [5.74, 6) is -1.72. The van der Waals surface area contributed by atoms with Crippen molar-refractivity contribution in [2.75, 3.05) is 38.6 Å². The highest BCUT2D eigenvalue weighted by molar-refractivity contribution is 6.35. The van der Waals surface area contributed by atoms with Crippen LogP contribution >= 0.6 is 0 Å². The summed E-state index contributed by atoms with van der Waals surface area (Å²) < 4.78 is 0. The lowest BCUT2D eigenvalue weighted by molar-refractivity contribution is -0.140. The fraction of sp³-hybridized carbons (Fsp3) is 0.471. The Kier molecular flexibility index (Phi) is 5.92. The summed E-state index contributed by atoms with van der Waals surface area (Å²) in [6.45, 7) is 3.62. The lowest BCUT2D eigenvalue weighted by Gasteiger charge is -2.15. The molecule has 0 aliphatic carbocycles. The second-order valence-corrected chi connectivity index (χ2v) is 5.96. The number of carbonyl (C=O) groups is 3. The molecule has 1 aliphatic heterocycles. The largest absolute Gasteiger partial charge is 0.348 e. The quantitative estimate of drug-likeness (QED) is 0.579. The second kappa shape index (κ2) is 7.92. The highest BCUT2D eigenvalue weighted by Gasteiger charge is 2.37. The molecule has 0 spiro atoms. The number of hydrogen-bond acceptors (Lipinski definition) is 4. The molecular formula is C17H24N4O3. The molecule has 0 fully saturated rings. The minimum absolute atomic E-state index is 0.215. The number of nitrogens with zero attached hydrogens (tertiary/aromatic N) is 2. The normalized spacial score (nSPS) is 16.2. The molecular weight excluding hydrogens is 308 g/mol. The molecule has 7 heteroatoms. The zero-order valence-corrected chi connectivity index (χ0v) is 14.3. The molecule has 24 heavy (non-hydrogen) atoms. The molecule has 0 radical (unpaired) electrons. The number of anilines is 1. The number of fused-ring (bicyclic) bond motifs is 1. The average molecular weight is 332 g/mol. The van der Waals surface area contributed by atoms with Gasteiger partial charge in [-0.05, 0) is 40.1 Å². The van der Waals surface area contributed by atoms with Gasteiger partial charge >= 0.3 is 11.8 Å². The summed E-state index contributed by atoms with van der Waals surface area (Å²) in [5, 5.41) is 5.12. The van der Waals surface area contributed by atoms with Crippen molar-refractivity contribution in [3.05, 3.63) is 29.8 Å². The monoisotopic (exact) mass is 332 g/mol. The van der Waals surface area contributed by atoms with Crippen LogP contribution in [0.25, 0.3) is 0 Å². The van der Waals surface area contributed by atoms with Crippen molar-refractivity contribution in [2.24, 2.45) is 0 Å². The molecule has 1 aromatic carbocycles. The highest BCUT2D eigenvalue weighted by Crippen LogP contribution is 2.35. The van der Waals surface area contributed by atoms with E-state index < -0.39 is 17.9 Å². The molecule has 3 amide bonds. The summed E-state index contributed by atoms with van der Waals surface area (Å²) in [6.07, 6.45) is 0.751. The molecule has 2 rings (SSSR count). The number of amides is 3. The zero-order chi connectivity index (χ0) is 17.7. The first kappa shape index (κ1) is 17.9. The molecule has 130 valence electrons. The van der Waals surface area contributed by atoms with E-state index in [9.17, 15) is 14.4 Å². The van der Waals surface area contributed by atoms with E-state index in [1.54, 1.807) is 11.0 Å². The topological polar surface area (TPSA) is 81.8 Å². The first-order valence-corrected chi connectivity index (χ1v) is 8.09. The van der Waals surface area contributed by atoms with E-state index in [-0.39, 0.29) is 5.91 Å². The molecule has 7 nitrogen and oxygen atoms in total. The number of para-hydroxylation sites is 1. The van der Waals surface area contributed by atoms with E-state index in [4.69, 9.17) is 0 Å². The van der Waals surface area contributed by atoms with Crippen LogP contribution in [0.3, 0.4) is 0 Å². The Balaban J connectivity index is 1.96. The van der Waals surface area contributed by atoms with Gasteiger partial charge in [0, 0.05) is 24.3 Å². The van der Waals surface area contributed by atoms with Crippen LogP contribution in [-0.4, -0.2) is 56.4 Å². The fourth-order valence-electron chi connectivity index (χ4n) is 2.72. The first-order valence-electron chi connectivity index (χ1n) is 8.09. The number of carbonyl (C=O) groups excluding carboxylic acids is 3. The Morgan fingerprint density at radius 3 is 2.58 bits per heavy atom. The Bertz CT molecular complexity index is 630. The fourth-order valence-corrected chi connectivity index (χ4v) is 2.72. The molecule has 0 saturated heterocycles. The van der Waals surface area contributed by atoms with Crippen LogP contribution in [0.2, 0.25) is 0 Å². The van der Waals surface area contributed by atoms with Gasteiger partial charge in [0.2, 0.25) is 0 Å². The van der Waals surface area contributed by atoms with Crippen LogP contribution < -0.4 is 15.5 Å². The number of benzene rings is 1. The third kappa shape index (κ3) is 3.91. The van der Waals surface area contributed by atoms with E-state index in [1.165, 1.54) is 0 Å². The Morgan fingerprint density at radius 2 is 1.92 bits per heavy atom. The SMILES string of the molecule is CCN1C(=O)[C@H](NC(=O)C(=O)NCCCN(C)C)c2ccccc21. The molecule has 0 bridgehead atoms. The summed E-state index contributed by atoms with van der Waals surface area (Å²) >= 11 is 0. The van der Waals surface area contributed by atoms with Crippen molar-refractivity contribution in [3.8, 4) is 0 Å². The van der Waals surface area contributed by atoms with Crippen molar-refractivity contribution in [2.45, 2.75) is 19.4 Å². The van der Waals surface area contributed by atoms with Crippen molar-refractivity contribution < 1.29 is 14.4 Å². The number of hydrogen-bond donors (Lipinski definition) is 2. The van der Waals surface area contributed by atoms with Gasteiger partial charge in [-0.15, -0.1) is 0 Å². The molecule has 0 aromatic heterocycles. The van der Waals surface area contributed by atoms with Crippen LogP contribution in [0.4, 0.5) is 5.69 Å². The number of likely N-dealkylation sites (N-methyl/N-ethyl adjacent to an activating group) is 1. The minimum Gasteiger partial charge on any atom is -0.348 e. The van der Waals surface area contributed by atoms with Gasteiger partial charge < -0.3 is 20.4 Å². The summed E-state index contributed by atoms with van der Waals surface area (Å²) in [7, 11) is 3.88. The van der Waals surface area contributed by atoms with E-state index in [1.807, 2.05) is 44.1 Å². The van der Waals surface area contributed by atoms with E-state index in [0.717, 1.165) is 24.2 Å². The highest BCUT2D eigenvalue weighted by atomic mass is 16.2. The van der Waals surface area contributed by atoms with Gasteiger partial charge in [-0.25, -0.2) is 0 Å². The Labute approximate surface area is 142 Å². The van der Waals surface area contributed by atoms with Gasteiger partial charge in [-0.3, -0.25) is 14.4 Å². The predicted molar refractivity (Wildman–Crippen MR) is 91.5 cm³/mol. The zero-order valence-electron chi connectivity index (χ0n) is 14.3. The van der Waals surface area contributed by atoms with Crippen LogP contribution in [0.5, 0.6) is 0 Å². The third-order valence-corrected chi connectivity index (χ3v) is 3.92. The van der Waals surface area contributed by atoms with E-state index in [2.05, 4.69) is 10.6 Å². The van der Waals surface area contributed by atoms with Crippen molar-refractivity contribution in [1.82, 2.24) is 15.5 Å². The van der Waals surface area contributed by atoms with Crippen LogP contribution in [0.1, 0.15) is 24.9 Å². The van der Waals surface area contributed by atoms with E-state index in [0.29, 0.717) is 13.1 Å². The molecule has 0 saturated carbocycles. The smallest absolute Gasteiger partial charge is 0.310 e. The Morgan fingerprint density at radius 1 is 1.21 bits per heavy atom. The van der Waals surface area contributed by atoms with E-state index >= 15 is 0 Å². The van der Waals surface area contributed by atoms with Crippen LogP contribution in [-0.2, 0) is 14.4 Å². The number of rotatable bonds is 6. The lowest BCUT2D eigenvalue weighted by atomic mass is 10.1.